The van der Waals surface area contributed by atoms with Gasteiger partial charge in [0.25, 0.3) is 0 Å². The van der Waals surface area contributed by atoms with Crippen LogP contribution >= 0.6 is 0 Å². The minimum Gasteiger partial charge on any atom is -0.396 e. The van der Waals surface area contributed by atoms with Gasteiger partial charge in [-0.15, -0.1) is 0 Å². The molecule has 1 rings (SSSR count). The Morgan fingerprint density at radius 3 is 2.47 bits per heavy atom. The first kappa shape index (κ1) is 15.8. The SMILES string of the molecule is OCCCCCNc1ccccc1CCC(F)(F)F. The lowest BCUT2D eigenvalue weighted by atomic mass is 10.1. The molecule has 19 heavy (non-hydrogen) atoms. The molecule has 0 aliphatic rings. The number of aryl methyl sites for hydroxylation is 1. The summed E-state index contributed by atoms with van der Waals surface area (Å²) >= 11 is 0. The van der Waals surface area contributed by atoms with Crippen LogP contribution in [-0.2, 0) is 6.42 Å². The minimum absolute atomic E-state index is 0.00329. The molecule has 0 saturated heterocycles. The summed E-state index contributed by atoms with van der Waals surface area (Å²) < 4.78 is 36.7. The van der Waals surface area contributed by atoms with Crippen molar-refractivity contribution in [3.63, 3.8) is 0 Å². The summed E-state index contributed by atoms with van der Waals surface area (Å²) in [4.78, 5) is 0. The van der Waals surface area contributed by atoms with E-state index in [1.165, 1.54) is 0 Å². The number of aliphatic hydroxyl groups is 1. The van der Waals surface area contributed by atoms with Crippen molar-refractivity contribution in [3.8, 4) is 0 Å². The minimum atomic E-state index is -4.12. The number of hydrogen-bond donors (Lipinski definition) is 2. The van der Waals surface area contributed by atoms with Gasteiger partial charge in [-0.1, -0.05) is 18.2 Å². The van der Waals surface area contributed by atoms with Gasteiger partial charge < -0.3 is 10.4 Å². The molecule has 5 heteroatoms. The Hall–Kier alpha value is -1.23. The molecular weight excluding hydrogens is 255 g/mol. The molecule has 0 bridgehead atoms. The zero-order valence-corrected chi connectivity index (χ0v) is 10.8. The van der Waals surface area contributed by atoms with Crippen molar-refractivity contribution in [2.75, 3.05) is 18.5 Å². The number of alkyl halides is 3. The summed E-state index contributed by atoms with van der Waals surface area (Å²) in [7, 11) is 0. The van der Waals surface area contributed by atoms with Crippen molar-refractivity contribution >= 4 is 5.69 Å². The van der Waals surface area contributed by atoms with Crippen LogP contribution in [0, 0.1) is 0 Å². The number of unbranched alkanes of at least 4 members (excludes halogenated alkanes) is 2. The van der Waals surface area contributed by atoms with Crippen molar-refractivity contribution < 1.29 is 18.3 Å². The Morgan fingerprint density at radius 1 is 1.05 bits per heavy atom. The Kier molecular flexibility index (Phi) is 6.70. The van der Waals surface area contributed by atoms with Gasteiger partial charge in [0.15, 0.2) is 0 Å². The number of benzene rings is 1. The van der Waals surface area contributed by atoms with Gasteiger partial charge in [-0.2, -0.15) is 13.2 Å². The third-order valence-electron chi connectivity index (χ3n) is 2.85. The van der Waals surface area contributed by atoms with E-state index in [1.807, 2.05) is 6.07 Å². The summed E-state index contributed by atoms with van der Waals surface area (Å²) in [6, 6.07) is 7.09. The number of rotatable bonds is 8. The second-order valence-corrected chi connectivity index (χ2v) is 4.48. The van der Waals surface area contributed by atoms with Crippen molar-refractivity contribution in [2.24, 2.45) is 0 Å². The van der Waals surface area contributed by atoms with E-state index < -0.39 is 12.6 Å². The van der Waals surface area contributed by atoms with Crippen LogP contribution in [0.15, 0.2) is 24.3 Å². The molecule has 0 aliphatic heterocycles. The smallest absolute Gasteiger partial charge is 0.389 e. The average Bonchev–Trinajstić information content (AvgIpc) is 2.36. The predicted molar refractivity (Wildman–Crippen MR) is 70.2 cm³/mol. The van der Waals surface area contributed by atoms with Crippen LogP contribution in [-0.4, -0.2) is 24.4 Å². The van der Waals surface area contributed by atoms with Crippen molar-refractivity contribution in [2.45, 2.75) is 38.3 Å². The molecule has 1 aromatic rings. The molecule has 0 amide bonds. The van der Waals surface area contributed by atoms with Gasteiger partial charge in [-0.05, 0) is 37.3 Å². The highest BCUT2D eigenvalue weighted by atomic mass is 19.4. The third-order valence-corrected chi connectivity index (χ3v) is 2.85. The molecule has 0 unspecified atom stereocenters. The normalized spacial score (nSPS) is 11.6. The Balaban J connectivity index is 2.44. The van der Waals surface area contributed by atoms with Crippen LogP contribution in [0.5, 0.6) is 0 Å². The molecule has 0 atom stereocenters. The van der Waals surface area contributed by atoms with Crippen molar-refractivity contribution in [1.82, 2.24) is 0 Å². The summed E-state index contributed by atoms with van der Waals surface area (Å²) in [6.07, 6.45) is -2.34. The molecule has 108 valence electrons. The molecular formula is C14H20F3NO. The predicted octanol–water partition coefficient (Wildman–Crippen LogP) is 3.76. The summed E-state index contributed by atoms with van der Waals surface area (Å²) in [5, 5.41) is 11.8. The molecule has 0 radical (unpaired) electrons. The topological polar surface area (TPSA) is 32.3 Å². The Morgan fingerprint density at radius 2 is 1.79 bits per heavy atom. The second kappa shape index (κ2) is 8.04. The zero-order chi connectivity index (χ0) is 14.1. The monoisotopic (exact) mass is 275 g/mol. The fourth-order valence-electron chi connectivity index (χ4n) is 1.82. The number of anilines is 1. The molecule has 0 fully saturated rings. The maximum atomic E-state index is 12.2. The molecule has 0 aromatic heterocycles. The van der Waals surface area contributed by atoms with Crippen LogP contribution < -0.4 is 5.32 Å². The first-order valence-electron chi connectivity index (χ1n) is 6.52. The molecule has 0 aliphatic carbocycles. The Labute approximate surface area is 111 Å². The molecule has 1 aromatic carbocycles. The van der Waals surface area contributed by atoms with E-state index in [9.17, 15) is 13.2 Å². The summed E-state index contributed by atoms with van der Waals surface area (Å²) in [6.45, 7) is 0.894. The fraction of sp³-hybridized carbons (Fsp3) is 0.571. The lowest BCUT2D eigenvalue weighted by Crippen LogP contribution is -2.10. The van der Waals surface area contributed by atoms with Crippen molar-refractivity contribution in [1.29, 1.82) is 0 Å². The fourth-order valence-corrected chi connectivity index (χ4v) is 1.82. The molecule has 0 heterocycles. The van der Waals surface area contributed by atoms with Crippen molar-refractivity contribution in [3.05, 3.63) is 29.8 Å². The molecule has 2 N–H and O–H groups in total. The van der Waals surface area contributed by atoms with E-state index in [1.54, 1.807) is 18.2 Å². The average molecular weight is 275 g/mol. The van der Waals surface area contributed by atoms with E-state index in [2.05, 4.69) is 5.32 Å². The van der Waals surface area contributed by atoms with Crippen LogP contribution in [0.2, 0.25) is 0 Å². The van der Waals surface area contributed by atoms with Gasteiger partial charge in [-0.25, -0.2) is 0 Å². The zero-order valence-electron chi connectivity index (χ0n) is 10.8. The van der Waals surface area contributed by atoms with Crippen LogP contribution in [0.3, 0.4) is 0 Å². The maximum absolute atomic E-state index is 12.2. The lowest BCUT2D eigenvalue weighted by molar-refractivity contribution is -0.133. The third kappa shape index (κ3) is 7.06. The Bertz CT molecular complexity index is 366. The highest BCUT2D eigenvalue weighted by Crippen LogP contribution is 2.25. The van der Waals surface area contributed by atoms with Gasteiger partial charge in [0.1, 0.15) is 0 Å². The largest absolute Gasteiger partial charge is 0.396 e. The highest BCUT2D eigenvalue weighted by Gasteiger charge is 2.26. The first-order chi connectivity index (χ1) is 9.03. The molecule has 2 nitrogen and oxygen atoms in total. The van der Waals surface area contributed by atoms with Crippen LogP contribution in [0.4, 0.5) is 18.9 Å². The summed E-state index contributed by atoms with van der Waals surface area (Å²) in [5.41, 5.74) is 1.47. The number of hydrogen-bond acceptors (Lipinski definition) is 2. The van der Waals surface area contributed by atoms with Crippen LogP contribution in [0.25, 0.3) is 0 Å². The summed E-state index contributed by atoms with van der Waals surface area (Å²) in [5.74, 6) is 0. The maximum Gasteiger partial charge on any atom is 0.389 e. The number of para-hydroxylation sites is 1. The number of nitrogens with one attached hydrogen (secondary N) is 1. The number of aliphatic hydroxyl groups excluding tert-OH is 1. The van der Waals surface area contributed by atoms with Gasteiger partial charge in [-0.3, -0.25) is 0 Å². The van der Waals surface area contributed by atoms with Gasteiger partial charge in [0, 0.05) is 25.3 Å². The van der Waals surface area contributed by atoms with E-state index in [4.69, 9.17) is 5.11 Å². The van der Waals surface area contributed by atoms with E-state index in [0.717, 1.165) is 24.9 Å². The van der Waals surface area contributed by atoms with E-state index in [0.29, 0.717) is 12.1 Å². The van der Waals surface area contributed by atoms with Gasteiger partial charge in [0.05, 0.1) is 0 Å². The molecule has 0 spiro atoms. The quantitative estimate of drug-likeness (QED) is 0.708. The molecule has 0 saturated carbocycles. The van der Waals surface area contributed by atoms with E-state index >= 15 is 0 Å². The highest BCUT2D eigenvalue weighted by molar-refractivity contribution is 5.51. The first-order valence-corrected chi connectivity index (χ1v) is 6.52. The standard InChI is InChI=1S/C14H20F3NO/c15-14(16,17)9-8-12-6-2-3-7-13(12)18-10-4-1-5-11-19/h2-3,6-7,18-19H,1,4-5,8-11H2. The second-order valence-electron chi connectivity index (χ2n) is 4.48. The van der Waals surface area contributed by atoms with Gasteiger partial charge >= 0.3 is 6.18 Å². The number of halogens is 3. The van der Waals surface area contributed by atoms with E-state index in [-0.39, 0.29) is 13.0 Å². The lowest BCUT2D eigenvalue weighted by Gasteiger charge is -2.13. The van der Waals surface area contributed by atoms with Gasteiger partial charge in [0.2, 0.25) is 0 Å². The van der Waals surface area contributed by atoms with Crippen LogP contribution in [0.1, 0.15) is 31.2 Å².